The van der Waals surface area contributed by atoms with Crippen LogP contribution >= 0.6 is 39.9 Å². The first-order chi connectivity index (χ1) is 5.25. The number of alkyl halides is 1. The van der Waals surface area contributed by atoms with Gasteiger partial charge in [-0.25, -0.2) is 0 Å². The summed E-state index contributed by atoms with van der Waals surface area (Å²) in [6.07, 6.45) is 0. The largest absolute Gasteiger partial charge is 0.273 e. The maximum atomic E-state index is 10.4. The van der Waals surface area contributed by atoms with Crippen molar-refractivity contribution in [1.29, 1.82) is 0 Å². The van der Waals surface area contributed by atoms with Crippen molar-refractivity contribution < 1.29 is 4.92 Å². The Bertz CT molecular complexity index is 280. The molecule has 0 fully saturated rings. The van der Waals surface area contributed by atoms with Crippen LogP contribution in [0.25, 0.3) is 0 Å². The number of hydrogen-bond donors (Lipinski definition) is 0. The molecule has 1 rings (SSSR count). The van der Waals surface area contributed by atoms with E-state index in [0.29, 0.717) is 10.9 Å². The van der Waals surface area contributed by atoms with E-state index in [9.17, 15) is 10.1 Å². The molecule has 0 heterocycles. The third-order valence-corrected chi connectivity index (χ3v) is 1.94. The van der Waals surface area contributed by atoms with E-state index in [2.05, 4.69) is 15.9 Å². The van der Waals surface area contributed by atoms with Crippen molar-refractivity contribution >= 4 is 45.6 Å². The number of rotatable bonds is 2. The summed E-state index contributed by atoms with van der Waals surface area (Å²) in [7, 11) is 0. The van der Waals surface area contributed by atoms with Gasteiger partial charge in [0.05, 0.1) is 4.92 Å². The molecule has 1 aromatic rings. The van der Waals surface area contributed by atoms with Gasteiger partial charge in [0, 0.05) is 17.0 Å². The third-order valence-electron chi connectivity index (χ3n) is 1.33. The van der Waals surface area contributed by atoms with Gasteiger partial charge in [-0.1, -0.05) is 34.1 Å². The van der Waals surface area contributed by atoms with Crippen LogP contribution in [-0.2, 0) is 5.33 Å². The van der Waals surface area contributed by atoms with Crippen LogP contribution in [0.5, 0.6) is 0 Å². The van der Waals surface area contributed by atoms with E-state index in [4.69, 9.17) is 0 Å². The van der Waals surface area contributed by atoms with Crippen LogP contribution in [0.2, 0.25) is 0 Å². The van der Waals surface area contributed by atoms with Gasteiger partial charge in [-0.15, -0.1) is 24.0 Å². The maximum Gasteiger partial charge on any atom is 0.273 e. The zero-order valence-corrected chi connectivity index (χ0v) is 9.98. The standard InChI is InChI=1S/C7H6BrNO2.HI/c8-5-6-3-1-2-4-7(6)9(10)11;/h1-4H,5H2;1H. The predicted molar refractivity (Wildman–Crippen MR) is 61.1 cm³/mol. The average molecular weight is 344 g/mol. The van der Waals surface area contributed by atoms with E-state index in [1.54, 1.807) is 18.2 Å². The minimum Gasteiger partial charge on any atom is -0.258 e. The summed E-state index contributed by atoms with van der Waals surface area (Å²) in [5, 5.41) is 10.9. The molecule has 0 bridgehead atoms. The molecule has 12 heavy (non-hydrogen) atoms. The minimum atomic E-state index is -0.378. The lowest BCUT2D eigenvalue weighted by molar-refractivity contribution is -0.385. The second kappa shape index (κ2) is 5.47. The SMILES string of the molecule is I.O=[N+]([O-])c1ccccc1CBr. The van der Waals surface area contributed by atoms with Gasteiger partial charge in [-0.05, 0) is 0 Å². The average Bonchev–Trinajstić information content (AvgIpc) is 2.04. The summed E-state index contributed by atoms with van der Waals surface area (Å²) >= 11 is 3.17. The topological polar surface area (TPSA) is 43.1 Å². The minimum absolute atomic E-state index is 0. The Hall–Kier alpha value is -0.170. The summed E-state index contributed by atoms with van der Waals surface area (Å²) in [5.41, 5.74) is 0.877. The van der Waals surface area contributed by atoms with Crippen LogP contribution in [0.15, 0.2) is 24.3 Å². The highest BCUT2D eigenvalue weighted by Gasteiger charge is 2.09. The molecule has 0 aliphatic heterocycles. The molecule has 0 spiro atoms. The van der Waals surface area contributed by atoms with Crippen LogP contribution < -0.4 is 0 Å². The van der Waals surface area contributed by atoms with Crippen molar-refractivity contribution in [2.45, 2.75) is 5.33 Å². The van der Waals surface area contributed by atoms with Gasteiger partial charge >= 0.3 is 0 Å². The summed E-state index contributed by atoms with van der Waals surface area (Å²) in [6.45, 7) is 0. The Morgan fingerprint density at radius 3 is 2.42 bits per heavy atom. The Kier molecular flexibility index (Phi) is 5.39. The van der Waals surface area contributed by atoms with Gasteiger partial charge in [-0.2, -0.15) is 0 Å². The van der Waals surface area contributed by atoms with Crippen LogP contribution in [0.3, 0.4) is 0 Å². The molecule has 5 heteroatoms. The van der Waals surface area contributed by atoms with Crippen molar-refractivity contribution in [3.05, 3.63) is 39.9 Å². The normalized spacial score (nSPS) is 8.75. The fourth-order valence-corrected chi connectivity index (χ4v) is 1.28. The first-order valence-corrected chi connectivity index (χ1v) is 4.16. The lowest BCUT2D eigenvalue weighted by Gasteiger charge is -1.95. The van der Waals surface area contributed by atoms with Gasteiger partial charge in [0.1, 0.15) is 0 Å². The van der Waals surface area contributed by atoms with Crippen molar-refractivity contribution in [3.63, 3.8) is 0 Å². The summed E-state index contributed by atoms with van der Waals surface area (Å²) in [5.74, 6) is 0. The van der Waals surface area contributed by atoms with Gasteiger partial charge in [0.15, 0.2) is 0 Å². The highest BCUT2D eigenvalue weighted by Crippen LogP contribution is 2.19. The van der Waals surface area contributed by atoms with Crippen molar-refractivity contribution in [3.8, 4) is 0 Å². The van der Waals surface area contributed by atoms with Crippen molar-refractivity contribution in [1.82, 2.24) is 0 Å². The Morgan fingerprint density at radius 1 is 1.42 bits per heavy atom. The highest BCUT2D eigenvalue weighted by atomic mass is 127. The van der Waals surface area contributed by atoms with Gasteiger partial charge in [0.2, 0.25) is 0 Å². The third kappa shape index (κ3) is 2.71. The Morgan fingerprint density at radius 2 is 2.00 bits per heavy atom. The number of nitro benzene ring substituents is 1. The molecule has 0 radical (unpaired) electrons. The van der Waals surface area contributed by atoms with E-state index in [1.807, 2.05) is 0 Å². The van der Waals surface area contributed by atoms with Crippen LogP contribution in [0.1, 0.15) is 5.56 Å². The molecular weight excluding hydrogens is 337 g/mol. The summed E-state index contributed by atoms with van der Waals surface area (Å²) in [6, 6.07) is 6.66. The van der Waals surface area contributed by atoms with E-state index in [1.165, 1.54) is 6.07 Å². The Balaban J connectivity index is 0.00000121. The number of halogens is 2. The fourth-order valence-electron chi connectivity index (χ4n) is 0.802. The molecule has 0 atom stereocenters. The molecule has 0 amide bonds. The van der Waals surface area contributed by atoms with E-state index < -0.39 is 0 Å². The number of nitro groups is 1. The van der Waals surface area contributed by atoms with E-state index in [0.717, 1.165) is 0 Å². The maximum absolute atomic E-state index is 10.4. The molecular formula is C7H7BrINO2. The molecule has 0 saturated carbocycles. The zero-order valence-electron chi connectivity index (χ0n) is 6.07. The van der Waals surface area contributed by atoms with Crippen molar-refractivity contribution in [2.24, 2.45) is 0 Å². The molecule has 0 aliphatic carbocycles. The zero-order chi connectivity index (χ0) is 8.27. The molecule has 0 saturated heterocycles. The second-order valence-electron chi connectivity index (χ2n) is 2.02. The molecule has 0 N–H and O–H groups in total. The van der Waals surface area contributed by atoms with Crippen LogP contribution in [0.4, 0.5) is 5.69 Å². The smallest absolute Gasteiger partial charge is 0.258 e. The van der Waals surface area contributed by atoms with E-state index >= 15 is 0 Å². The highest BCUT2D eigenvalue weighted by molar-refractivity contribution is 14.0. The lowest BCUT2D eigenvalue weighted by Crippen LogP contribution is -1.91. The van der Waals surface area contributed by atoms with Gasteiger partial charge in [0.25, 0.3) is 5.69 Å². The first-order valence-electron chi connectivity index (χ1n) is 3.04. The number of benzene rings is 1. The van der Waals surface area contributed by atoms with Gasteiger partial charge in [-0.3, -0.25) is 10.1 Å². The molecule has 0 aliphatic rings. The summed E-state index contributed by atoms with van der Waals surface area (Å²) in [4.78, 5) is 9.99. The first kappa shape index (κ1) is 11.8. The lowest BCUT2D eigenvalue weighted by atomic mass is 10.2. The molecule has 3 nitrogen and oxygen atoms in total. The molecule has 0 unspecified atom stereocenters. The predicted octanol–water partition coefficient (Wildman–Crippen LogP) is 3.11. The number of hydrogen-bond acceptors (Lipinski definition) is 2. The van der Waals surface area contributed by atoms with Gasteiger partial charge < -0.3 is 0 Å². The fraction of sp³-hybridized carbons (Fsp3) is 0.143. The molecule has 0 aromatic heterocycles. The molecule has 1 aromatic carbocycles. The summed E-state index contributed by atoms with van der Waals surface area (Å²) < 4.78 is 0. The van der Waals surface area contributed by atoms with Crippen LogP contribution in [-0.4, -0.2) is 4.92 Å². The second-order valence-corrected chi connectivity index (χ2v) is 2.58. The number of nitrogens with zero attached hydrogens (tertiary/aromatic N) is 1. The van der Waals surface area contributed by atoms with Crippen LogP contribution in [0, 0.1) is 10.1 Å². The van der Waals surface area contributed by atoms with E-state index in [-0.39, 0.29) is 34.6 Å². The quantitative estimate of drug-likeness (QED) is 0.358. The number of para-hydroxylation sites is 1. The molecule has 66 valence electrons. The van der Waals surface area contributed by atoms with Crippen molar-refractivity contribution in [2.75, 3.05) is 0 Å². The monoisotopic (exact) mass is 343 g/mol. The Labute approximate surface area is 95.5 Å².